The molecule has 1 amide bonds. The lowest BCUT2D eigenvalue weighted by atomic mass is 10.0. The number of phenolic OH excluding ortho intramolecular Hbond substituents is 1. The number of amides is 1. The summed E-state index contributed by atoms with van der Waals surface area (Å²) in [7, 11) is 0. The number of esters is 1. The second kappa shape index (κ2) is 8.37. The van der Waals surface area contributed by atoms with Crippen molar-refractivity contribution in [1.29, 1.82) is 5.26 Å². The molecular formula is C21H16N2O4S. The number of ether oxygens (including phenoxy) is 1. The van der Waals surface area contributed by atoms with Gasteiger partial charge >= 0.3 is 5.97 Å². The lowest BCUT2D eigenvalue weighted by Crippen LogP contribution is -2.29. The predicted molar refractivity (Wildman–Crippen MR) is 106 cm³/mol. The van der Waals surface area contributed by atoms with E-state index in [1.807, 2.05) is 6.07 Å². The third-order valence-electron chi connectivity index (χ3n) is 4.00. The average Bonchev–Trinajstić information content (AvgIpc) is 3.15. The van der Waals surface area contributed by atoms with Crippen molar-refractivity contribution in [2.24, 2.45) is 0 Å². The highest BCUT2D eigenvalue weighted by Gasteiger charge is 2.20. The summed E-state index contributed by atoms with van der Waals surface area (Å²) < 4.78 is 5.22. The Bertz CT molecular complexity index is 1030. The molecule has 0 spiro atoms. The summed E-state index contributed by atoms with van der Waals surface area (Å²) in [6, 6.07) is 17.1. The summed E-state index contributed by atoms with van der Waals surface area (Å²) in [5, 5.41) is 23.0. The van der Waals surface area contributed by atoms with Crippen molar-refractivity contribution in [3.63, 3.8) is 0 Å². The number of hydrogen-bond acceptors (Lipinski definition) is 6. The number of nitrogens with zero attached hydrogens (tertiary/aromatic N) is 1. The summed E-state index contributed by atoms with van der Waals surface area (Å²) in [6.07, 6.45) is -1.02. The van der Waals surface area contributed by atoms with Crippen LogP contribution in [-0.2, 0) is 9.53 Å². The number of thiophene rings is 1. The topological polar surface area (TPSA) is 99.4 Å². The molecule has 0 saturated heterocycles. The Balaban J connectivity index is 1.63. The van der Waals surface area contributed by atoms with E-state index in [9.17, 15) is 14.7 Å². The number of hydrogen-bond donors (Lipinski definition) is 2. The monoisotopic (exact) mass is 392 g/mol. The van der Waals surface area contributed by atoms with E-state index in [4.69, 9.17) is 10.00 Å². The Morgan fingerprint density at radius 3 is 2.29 bits per heavy atom. The van der Waals surface area contributed by atoms with Crippen LogP contribution >= 0.6 is 11.3 Å². The van der Waals surface area contributed by atoms with Crippen LogP contribution in [-0.4, -0.2) is 23.1 Å². The van der Waals surface area contributed by atoms with E-state index in [2.05, 4.69) is 5.32 Å². The summed E-state index contributed by atoms with van der Waals surface area (Å²) >= 11 is 1.22. The zero-order valence-corrected chi connectivity index (χ0v) is 15.7. The standard InChI is InChI=1S/C21H16N2O4S/c1-13(19(25)23-20-17(12-22)10-11-28-20)27-21(26)16-4-2-14(3-5-16)15-6-8-18(24)9-7-15/h2-11,13,24H,1H3,(H,23,25)/t13-/m0/s1. The van der Waals surface area contributed by atoms with Gasteiger partial charge in [0.2, 0.25) is 0 Å². The molecule has 6 nitrogen and oxygen atoms in total. The molecule has 3 aromatic rings. The number of carbonyl (C=O) groups excluding carboxylic acids is 2. The van der Waals surface area contributed by atoms with Crippen molar-refractivity contribution in [3.8, 4) is 22.9 Å². The first-order valence-electron chi connectivity index (χ1n) is 8.37. The van der Waals surface area contributed by atoms with Crippen LogP contribution in [0.25, 0.3) is 11.1 Å². The molecule has 0 aliphatic rings. The third-order valence-corrected chi connectivity index (χ3v) is 4.83. The largest absolute Gasteiger partial charge is 0.508 e. The SMILES string of the molecule is C[C@H](OC(=O)c1ccc(-c2ccc(O)cc2)cc1)C(=O)Nc1sccc1C#N. The lowest BCUT2D eigenvalue weighted by molar-refractivity contribution is -0.123. The molecule has 0 bridgehead atoms. The summed E-state index contributed by atoms with van der Waals surface area (Å²) in [6.45, 7) is 1.47. The Morgan fingerprint density at radius 2 is 1.68 bits per heavy atom. The maximum absolute atomic E-state index is 12.3. The number of phenols is 1. The smallest absolute Gasteiger partial charge is 0.338 e. The van der Waals surface area contributed by atoms with E-state index in [0.29, 0.717) is 16.1 Å². The van der Waals surface area contributed by atoms with Crippen molar-refractivity contribution >= 4 is 28.2 Å². The average molecular weight is 392 g/mol. The molecule has 140 valence electrons. The van der Waals surface area contributed by atoms with Crippen LogP contribution in [0.5, 0.6) is 5.75 Å². The maximum atomic E-state index is 12.3. The number of anilines is 1. The molecule has 1 heterocycles. The third kappa shape index (κ3) is 4.37. The highest BCUT2D eigenvalue weighted by molar-refractivity contribution is 7.14. The molecule has 0 radical (unpaired) electrons. The molecule has 3 rings (SSSR count). The summed E-state index contributed by atoms with van der Waals surface area (Å²) in [4.78, 5) is 24.5. The van der Waals surface area contributed by atoms with Gasteiger partial charge in [-0.05, 0) is 53.8 Å². The van der Waals surface area contributed by atoms with Gasteiger partial charge in [-0.25, -0.2) is 4.79 Å². The van der Waals surface area contributed by atoms with Gasteiger partial charge in [-0.2, -0.15) is 5.26 Å². The molecule has 1 aromatic heterocycles. The molecular weight excluding hydrogens is 376 g/mol. The lowest BCUT2D eigenvalue weighted by Gasteiger charge is -2.13. The van der Waals surface area contributed by atoms with E-state index in [-0.39, 0.29) is 5.75 Å². The van der Waals surface area contributed by atoms with Crippen LogP contribution in [0, 0.1) is 11.3 Å². The number of carbonyl (C=O) groups is 2. The zero-order valence-electron chi connectivity index (χ0n) is 14.9. The van der Waals surface area contributed by atoms with Gasteiger partial charge in [0.1, 0.15) is 16.8 Å². The van der Waals surface area contributed by atoms with Crippen molar-refractivity contribution in [1.82, 2.24) is 0 Å². The predicted octanol–water partition coefficient (Wildman–Crippen LogP) is 4.18. The van der Waals surface area contributed by atoms with E-state index < -0.39 is 18.0 Å². The Morgan fingerprint density at radius 1 is 1.07 bits per heavy atom. The quantitative estimate of drug-likeness (QED) is 0.635. The fourth-order valence-corrected chi connectivity index (χ4v) is 3.18. The zero-order chi connectivity index (χ0) is 20.1. The maximum Gasteiger partial charge on any atom is 0.338 e. The fraction of sp³-hybridized carbons (Fsp3) is 0.0952. The van der Waals surface area contributed by atoms with Crippen molar-refractivity contribution in [2.45, 2.75) is 13.0 Å². The molecule has 0 aliphatic carbocycles. The fourth-order valence-electron chi connectivity index (χ4n) is 2.44. The minimum atomic E-state index is -1.02. The number of benzene rings is 2. The molecule has 28 heavy (non-hydrogen) atoms. The van der Waals surface area contributed by atoms with Gasteiger partial charge < -0.3 is 15.2 Å². The van der Waals surface area contributed by atoms with Gasteiger partial charge in [0.05, 0.1) is 11.1 Å². The Kier molecular flexibility index (Phi) is 5.72. The first kappa shape index (κ1) is 19.1. The minimum Gasteiger partial charge on any atom is -0.508 e. The molecule has 2 N–H and O–H groups in total. The first-order valence-corrected chi connectivity index (χ1v) is 9.25. The molecule has 1 atom stereocenters. The number of nitriles is 1. The van der Waals surface area contributed by atoms with Gasteiger partial charge in [-0.3, -0.25) is 4.79 Å². The van der Waals surface area contributed by atoms with Gasteiger partial charge in [0, 0.05) is 0 Å². The van der Waals surface area contributed by atoms with E-state index in [1.165, 1.54) is 18.3 Å². The van der Waals surface area contributed by atoms with Gasteiger partial charge in [-0.1, -0.05) is 24.3 Å². The van der Waals surface area contributed by atoms with Crippen LogP contribution in [0.3, 0.4) is 0 Å². The van der Waals surface area contributed by atoms with Crippen molar-refractivity contribution < 1.29 is 19.4 Å². The summed E-state index contributed by atoms with van der Waals surface area (Å²) in [5.41, 5.74) is 2.46. The normalized spacial score (nSPS) is 11.3. The Hall–Kier alpha value is -3.63. The van der Waals surface area contributed by atoms with Gasteiger partial charge in [-0.15, -0.1) is 11.3 Å². The van der Waals surface area contributed by atoms with Crippen molar-refractivity contribution in [3.05, 3.63) is 71.1 Å². The minimum absolute atomic E-state index is 0.181. The van der Waals surface area contributed by atoms with E-state index in [1.54, 1.807) is 60.0 Å². The second-order valence-electron chi connectivity index (χ2n) is 5.94. The Labute approximate surface area is 165 Å². The number of aromatic hydroxyl groups is 1. The molecule has 0 aliphatic heterocycles. The van der Waals surface area contributed by atoms with E-state index >= 15 is 0 Å². The van der Waals surface area contributed by atoms with Gasteiger partial charge in [0.15, 0.2) is 6.10 Å². The molecule has 2 aromatic carbocycles. The molecule has 0 unspecified atom stereocenters. The van der Waals surface area contributed by atoms with E-state index in [0.717, 1.165) is 11.1 Å². The number of nitrogens with one attached hydrogen (secondary N) is 1. The van der Waals surface area contributed by atoms with Crippen LogP contribution in [0.1, 0.15) is 22.8 Å². The van der Waals surface area contributed by atoms with Crippen molar-refractivity contribution in [2.75, 3.05) is 5.32 Å². The second-order valence-corrected chi connectivity index (χ2v) is 6.85. The van der Waals surface area contributed by atoms with Crippen LogP contribution in [0.2, 0.25) is 0 Å². The molecule has 7 heteroatoms. The van der Waals surface area contributed by atoms with Crippen LogP contribution in [0.4, 0.5) is 5.00 Å². The highest BCUT2D eigenvalue weighted by Crippen LogP contribution is 2.24. The highest BCUT2D eigenvalue weighted by atomic mass is 32.1. The van der Waals surface area contributed by atoms with Gasteiger partial charge in [0.25, 0.3) is 5.91 Å². The summed E-state index contributed by atoms with van der Waals surface area (Å²) in [5.74, 6) is -0.944. The van der Waals surface area contributed by atoms with Crippen LogP contribution < -0.4 is 5.32 Å². The number of rotatable bonds is 5. The molecule has 0 fully saturated rings. The van der Waals surface area contributed by atoms with Crippen LogP contribution in [0.15, 0.2) is 60.0 Å². The molecule has 0 saturated carbocycles. The first-order chi connectivity index (χ1) is 13.5.